The van der Waals surface area contributed by atoms with Gasteiger partial charge in [0.15, 0.2) is 6.29 Å². The number of nitrogens with zero attached hydrogens (tertiary/aromatic N) is 1. The van der Waals surface area contributed by atoms with Crippen LogP contribution in [-0.2, 0) is 22.6 Å². The number of ether oxygens (including phenoxy) is 2. The molecular weight excluding hydrogens is 446 g/mol. The normalized spacial score (nSPS) is 24.9. The second-order valence-corrected chi connectivity index (χ2v) is 9.28. The maximum atomic E-state index is 11.7. The van der Waals surface area contributed by atoms with E-state index in [0.717, 1.165) is 54.6 Å². The van der Waals surface area contributed by atoms with Crippen molar-refractivity contribution in [3.63, 3.8) is 0 Å². The number of aliphatic hydroxyl groups is 2. The number of nitrogens with one attached hydrogen (secondary N) is 2. The van der Waals surface area contributed by atoms with Crippen molar-refractivity contribution in [2.24, 2.45) is 0 Å². The largest absolute Gasteiger partial charge is 0.395 e. The summed E-state index contributed by atoms with van der Waals surface area (Å²) in [6, 6.07) is 15.8. The average molecular weight is 484 g/mol. The van der Waals surface area contributed by atoms with Crippen molar-refractivity contribution in [3.8, 4) is 0 Å². The molecule has 4 atom stereocenters. The van der Waals surface area contributed by atoms with Crippen LogP contribution in [0.25, 0.3) is 0 Å². The second-order valence-electron chi connectivity index (χ2n) is 9.28. The molecule has 2 aliphatic rings. The zero-order valence-electron chi connectivity index (χ0n) is 20.4. The molecule has 0 aromatic heterocycles. The summed E-state index contributed by atoms with van der Waals surface area (Å²) >= 11 is 0. The molecule has 2 fully saturated rings. The van der Waals surface area contributed by atoms with E-state index < -0.39 is 6.29 Å². The van der Waals surface area contributed by atoms with E-state index in [9.17, 15) is 15.0 Å². The van der Waals surface area contributed by atoms with Gasteiger partial charge in [-0.1, -0.05) is 48.5 Å². The number of carbonyl (C=O) groups excluding carboxylic acids is 1. The number of hydrogen-bond acceptors (Lipinski definition) is 6. The average Bonchev–Trinajstić information content (AvgIpc) is 3.35. The lowest BCUT2D eigenvalue weighted by molar-refractivity contribution is -0.253. The lowest BCUT2D eigenvalue weighted by Gasteiger charge is -2.38. The molecule has 0 bridgehead atoms. The van der Waals surface area contributed by atoms with Crippen LogP contribution >= 0.6 is 0 Å². The topological polar surface area (TPSA) is 103 Å². The van der Waals surface area contributed by atoms with Gasteiger partial charge < -0.3 is 30.3 Å². The Labute approximate surface area is 207 Å². The van der Waals surface area contributed by atoms with Gasteiger partial charge in [0.1, 0.15) is 0 Å². The Morgan fingerprint density at radius 1 is 1.00 bits per heavy atom. The van der Waals surface area contributed by atoms with Crippen molar-refractivity contribution < 1.29 is 24.5 Å². The van der Waals surface area contributed by atoms with Crippen LogP contribution in [0.2, 0.25) is 0 Å². The van der Waals surface area contributed by atoms with Gasteiger partial charge in [-0.05, 0) is 43.0 Å². The van der Waals surface area contributed by atoms with Crippen molar-refractivity contribution in [1.82, 2.24) is 15.5 Å². The van der Waals surface area contributed by atoms with E-state index >= 15 is 0 Å². The molecule has 8 heteroatoms. The smallest absolute Gasteiger partial charge is 0.315 e. The van der Waals surface area contributed by atoms with E-state index in [-0.39, 0.29) is 37.5 Å². The lowest BCUT2D eigenvalue weighted by Crippen LogP contribution is -2.42. The first-order valence-corrected chi connectivity index (χ1v) is 12.6. The highest BCUT2D eigenvalue weighted by Gasteiger charge is 2.35. The van der Waals surface area contributed by atoms with Crippen molar-refractivity contribution >= 4 is 6.03 Å². The van der Waals surface area contributed by atoms with Crippen LogP contribution in [-0.4, -0.2) is 59.5 Å². The van der Waals surface area contributed by atoms with E-state index in [2.05, 4.69) is 15.5 Å². The molecule has 2 heterocycles. The molecule has 2 aromatic carbocycles. The number of aliphatic hydroxyl groups excluding tert-OH is 2. The van der Waals surface area contributed by atoms with Crippen LogP contribution in [0, 0.1) is 0 Å². The van der Waals surface area contributed by atoms with Gasteiger partial charge in [0.2, 0.25) is 0 Å². The molecular formula is C27H37N3O5. The maximum absolute atomic E-state index is 11.7. The molecule has 8 nitrogen and oxygen atoms in total. The zero-order chi connectivity index (χ0) is 24.6. The molecule has 2 aliphatic heterocycles. The van der Waals surface area contributed by atoms with Gasteiger partial charge >= 0.3 is 6.03 Å². The molecule has 35 heavy (non-hydrogen) atoms. The van der Waals surface area contributed by atoms with Crippen molar-refractivity contribution in [1.29, 1.82) is 0 Å². The number of amides is 2. The first kappa shape index (κ1) is 25.6. The molecule has 0 aliphatic carbocycles. The van der Waals surface area contributed by atoms with E-state index in [1.165, 1.54) is 0 Å². The van der Waals surface area contributed by atoms with Crippen molar-refractivity contribution in [3.05, 3.63) is 70.8 Å². The minimum absolute atomic E-state index is 0.0129. The predicted octanol–water partition coefficient (Wildman–Crippen LogP) is 3.00. The van der Waals surface area contributed by atoms with Crippen LogP contribution in [0.15, 0.2) is 48.5 Å². The number of benzene rings is 2. The summed E-state index contributed by atoms with van der Waals surface area (Å²) in [5, 5.41) is 24.7. The van der Waals surface area contributed by atoms with Crippen molar-refractivity contribution in [2.75, 3.05) is 26.2 Å². The highest BCUT2D eigenvalue weighted by atomic mass is 16.7. The summed E-state index contributed by atoms with van der Waals surface area (Å²) in [6.45, 7) is 4.82. The number of urea groups is 1. The third-order valence-corrected chi connectivity index (χ3v) is 6.81. The fourth-order valence-electron chi connectivity index (χ4n) is 4.83. The molecule has 2 aromatic rings. The van der Waals surface area contributed by atoms with Crippen LogP contribution < -0.4 is 10.6 Å². The Bertz CT molecular complexity index is 937. The van der Waals surface area contributed by atoms with E-state index in [4.69, 9.17) is 9.47 Å². The fourth-order valence-corrected chi connectivity index (χ4v) is 4.83. The van der Waals surface area contributed by atoms with Gasteiger partial charge in [0.25, 0.3) is 0 Å². The quantitative estimate of drug-likeness (QED) is 0.437. The molecule has 0 spiro atoms. The Kier molecular flexibility index (Phi) is 9.12. The summed E-state index contributed by atoms with van der Waals surface area (Å²) in [4.78, 5) is 14.0. The maximum Gasteiger partial charge on any atom is 0.315 e. The molecule has 0 radical (unpaired) electrons. The number of rotatable bonds is 9. The van der Waals surface area contributed by atoms with Gasteiger partial charge in [0.05, 0.1) is 25.4 Å². The predicted molar refractivity (Wildman–Crippen MR) is 132 cm³/mol. The summed E-state index contributed by atoms with van der Waals surface area (Å²) in [5.41, 5.74) is 3.84. The SMILES string of the molecule is CCNC(=O)NCc1ccc([C@@H]2O[C@H](CN3CCC[C@H]3CO)C[C@H](c3ccc(CO)cc3)O2)cc1. The molecule has 190 valence electrons. The number of likely N-dealkylation sites (tertiary alicyclic amines) is 1. The zero-order valence-corrected chi connectivity index (χ0v) is 20.4. The number of hydrogen-bond donors (Lipinski definition) is 4. The second kappa shape index (κ2) is 12.5. The highest BCUT2D eigenvalue weighted by Crippen LogP contribution is 2.38. The lowest BCUT2D eigenvalue weighted by atomic mass is 9.99. The minimum atomic E-state index is -0.517. The first-order chi connectivity index (χ1) is 17.1. The number of carbonyl (C=O) groups is 1. The van der Waals surface area contributed by atoms with Gasteiger partial charge in [-0.2, -0.15) is 0 Å². The van der Waals surface area contributed by atoms with Gasteiger partial charge in [0, 0.05) is 37.7 Å². The Balaban J connectivity index is 1.47. The Morgan fingerprint density at radius 3 is 2.40 bits per heavy atom. The van der Waals surface area contributed by atoms with Crippen LogP contribution in [0.3, 0.4) is 0 Å². The monoisotopic (exact) mass is 483 g/mol. The molecule has 0 saturated carbocycles. The van der Waals surface area contributed by atoms with E-state index in [1.54, 1.807) is 0 Å². The van der Waals surface area contributed by atoms with Gasteiger partial charge in [-0.15, -0.1) is 0 Å². The fraction of sp³-hybridized carbons (Fsp3) is 0.519. The first-order valence-electron chi connectivity index (χ1n) is 12.6. The third kappa shape index (κ3) is 6.80. The van der Waals surface area contributed by atoms with Crippen LogP contribution in [0.1, 0.15) is 60.8 Å². The molecule has 4 rings (SSSR count). The molecule has 0 unspecified atom stereocenters. The summed E-state index contributed by atoms with van der Waals surface area (Å²) in [5.74, 6) is 0. The standard InChI is InChI=1S/C27H37N3O5/c1-2-28-27(33)29-15-19-5-11-22(12-6-19)26-34-24(16-30-13-3-4-23(30)18-32)14-25(35-26)21-9-7-20(17-31)8-10-21/h5-12,23-26,31-32H,2-4,13-18H2,1H3,(H2,28,29,33)/t23-,24-,25+,26+/m0/s1. The van der Waals surface area contributed by atoms with Crippen LogP contribution in [0.5, 0.6) is 0 Å². The van der Waals surface area contributed by atoms with Gasteiger partial charge in [-0.3, -0.25) is 4.90 Å². The van der Waals surface area contributed by atoms with E-state index in [0.29, 0.717) is 13.1 Å². The van der Waals surface area contributed by atoms with Crippen molar-refractivity contribution in [2.45, 2.75) is 63.9 Å². The van der Waals surface area contributed by atoms with Gasteiger partial charge in [-0.25, -0.2) is 4.79 Å². The molecule has 4 N–H and O–H groups in total. The molecule has 2 amide bonds. The summed E-state index contributed by atoms with van der Waals surface area (Å²) < 4.78 is 12.8. The summed E-state index contributed by atoms with van der Waals surface area (Å²) in [6.07, 6.45) is 2.13. The Hall–Kier alpha value is -2.49. The third-order valence-electron chi connectivity index (χ3n) is 6.81. The highest BCUT2D eigenvalue weighted by molar-refractivity contribution is 5.73. The minimum Gasteiger partial charge on any atom is -0.395 e. The van der Waals surface area contributed by atoms with E-state index in [1.807, 2.05) is 55.5 Å². The van der Waals surface area contributed by atoms with Crippen LogP contribution in [0.4, 0.5) is 4.79 Å². The molecule has 2 saturated heterocycles. The Morgan fingerprint density at radius 2 is 1.71 bits per heavy atom. The summed E-state index contributed by atoms with van der Waals surface area (Å²) in [7, 11) is 0.